The molecule has 0 aliphatic carbocycles. The fraction of sp³-hybridized carbons (Fsp3) is 0.533. The second-order valence-electron chi connectivity index (χ2n) is 5.19. The normalized spacial score (nSPS) is 9.84. The van der Waals surface area contributed by atoms with E-state index in [0.717, 1.165) is 0 Å². The van der Waals surface area contributed by atoms with Gasteiger partial charge in [0.25, 0.3) is 0 Å². The fourth-order valence-electron chi connectivity index (χ4n) is 1.57. The Kier molecular flexibility index (Phi) is 7.57. The van der Waals surface area contributed by atoms with Crippen LogP contribution < -0.4 is 15.1 Å². The number of anilines is 3. The highest BCUT2D eigenvalue weighted by Crippen LogP contribution is 2.14. The molecule has 0 amide bonds. The minimum absolute atomic E-state index is 0.136. The number of carbonyl (C=O) groups is 2. The molecule has 25 heavy (non-hydrogen) atoms. The number of ether oxygens (including phenoxy) is 2. The molecule has 1 aromatic heterocycles. The Labute approximate surface area is 146 Å². The third-order valence-corrected chi connectivity index (χ3v) is 2.75. The van der Waals surface area contributed by atoms with Gasteiger partial charge in [-0.05, 0) is 13.8 Å². The average molecular weight is 352 g/mol. The number of esters is 2. The van der Waals surface area contributed by atoms with Crippen LogP contribution in [0, 0.1) is 0 Å². The van der Waals surface area contributed by atoms with E-state index in [-0.39, 0.29) is 24.7 Å². The Balaban J connectivity index is 3.16. The van der Waals surface area contributed by atoms with Crippen LogP contribution in [0.25, 0.3) is 0 Å². The van der Waals surface area contributed by atoms with Gasteiger partial charge in [-0.15, -0.1) is 0 Å². The van der Waals surface area contributed by atoms with E-state index in [1.54, 1.807) is 51.8 Å². The van der Waals surface area contributed by atoms with Crippen molar-refractivity contribution in [3.05, 3.63) is 11.8 Å². The molecule has 138 valence electrons. The van der Waals surface area contributed by atoms with Crippen molar-refractivity contribution in [2.45, 2.75) is 13.8 Å². The third kappa shape index (κ3) is 5.90. The molecule has 0 spiro atoms. The Bertz CT molecular complexity index is 599. The van der Waals surface area contributed by atoms with Crippen molar-refractivity contribution in [2.75, 3.05) is 56.5 Å². The van der Waals surface area contributed by atoms with Gasteiger partial charge < -0.3 is 24.6 Å². The van der Waals surface area contributed by atoms with Crippen LogP contribution in [0.5, 0.6) is 0 Å². The van der Waals surface area contributed by atoms with Gasteiger partial charge in [0.2, 0.25) is 17.8 Å². The van der Waals surface area contributed by atoms with Crippen LogP contribution >= 0.6 is 0 Å². The van der Waals surface area contributed by atoms with E-state index in [9.17, 15) is 9.59 Å². The number of rotatable bonds is 8. The Morgan fingerprint density at radius 1 is 0.920 bits per heavy atom. The minimum atomic E-state index is -0.789. The maximum atomic E-state index is 11.9. The van der Waals surface area contributed by atoms with Gasteiger partial charge in [-0.2, -0.15) is 15.0 Å². The molecule has 0 aromatic carbocycles. The van der Waals surface area contributed by atoms with Crippen LogP contribution in [0.4, 0.5) is 17.8 Å². The van der Waals surface area contributed by atoms with Crippen LogP contribution in [0.1, 0.15) is 13.8 Å². The highest BCUT2D eigenvalue weighted by Gasteiger charge is 2.21. The molecule has 0 fully saturated rings. The largest absolute Gasteiger partial charge is 0.462 e. The number of aromatic nitrogens is 3. The van der Waals surface area contributed by atoms with Gasteiger partial charge in [0.1, 0.15) is 0 Å². The zero-order chi connectivity index (χ0) is 19.0. The Hall–Kier alpha value is -2.91. The maximum absolute atomic E-state index is 11.9. The number of hydrogen-bond donors (Lipinski definition) is 1. The van der Waals surface area contributed by atoms with E-state index in [2.05, 4.69) is 20.3 Å². The number of nitrogens with zero attached hydrogens (tertiary/aromatic N) is 5. The van der Waals surface area contributed by atoms with Crippen LogP contribution in [0.2, 0.25) is 0 Å². The van der Waals surface area contributed by atoms with Crippen molar-refractivity contribution in [3.63, 3.8) is 0 Å². The molecule has 10 nitrogen and oxygen atoms in total. The van der Waals surface area contributed by atoms with Crippen LogP contribution in [-0.4, -0.2) is 68.3 Å². The summed E-state index contributed by atoms with van der Waals surface area (Å²) in [6, 6.07) is 0. The zero-order valence-electron chi connectivity index (χ0n) is 15.4. The van der Waals surface area contributed by atoms with E-state index in [1.165, 1.54) is 6.20 Å². The number of carbonyl (C=O) groups excluding carboxylic acids is 2. The first kappa shape index (κ1) is 20.1. The molecular weight excluding hydrogens is 328 g/mol. The molecule has 0 atom stereocenters. The molecule has 10 heteroatoms. The summed E-state index contributed by atoms with van der Waals surface area (Å²) in [4.78, 5) is 40.0. The minimum Gasteiger partial charge on any atom is -0.462 e. The molecule has 0 saturated carbocycles. The monoisotopic (exact) mass is 352 g/mol. The summed E-state index contributed by atoms with van der Waals surface area (Å²) in [5.74, 6) is -0.563. The highest BCUT2D eigenvalue weighted by molar-refractivity contribution is 6.14. The van der Waals surface area contributed by atoms with Crippen molar-refractivity contribution in [1.82, 2.24) is 15.0 Å². The van der Waals surface area contributed by atoms with E-state index < -0.39 is 11.9 Å². The summed E-state index contributed by atoms with van der Waals surface area (Å²) in [5.41, 5.74) is -0.276. The van der Waals surface area contributed by atoms with Crippen LogP contribution in [0.15, 0.2) is 11.8 Å². The van der Waals surface area contributed by atoms with Crippen molar-refractivity contribution in [3.8, 4) is 0 Å². The van der Waals surface area contributed by atoms with E-state index in [4.69, 9.17) is 9.47 Å². The van der Waals surface area contributed by atoms with Crippen molar-refractivity contribution < 1.29 is 19.1 Å². The molecule has 0 aliphatic rings. The Morgan fingerprint density at radius 3 is 1.72 bits per heavy atom. The van der Waals surface area contributed by atoms with Gasteiger partial charge in [-0.1, -0.05) is 0 Å². The van der Waals surface area contributed by atoms with Crippen LogP contribution in [0.3, 0.4) is 0 Å². The quantitative estimate of drug-likeness (QED) is 0.306. The molecule has 1 aromatic rings. The van der Waals surface area contributed by atoms with Gasteiger partial charge in [-0.25, -0.2) is 9.59 Å². The molecular formula is C15H24N6O4. The molecule has 1 heterocycles. The van der Waals surface area contributed by atoms with Crippen molar-refractivity contribution in [1.29, 1.82) is 0 Å². The first-order valence-corrected chi connectivity index (χ1v) is 7.71. The molecule has 0 unspecified atom stereocenters. The van der Waals surface area contributed by atoms with E-state index >= 15 is 0 Å². The summed E-state index contributed by atoms with van der Waals surface area (Å²) in [6.45, 7) is 3.56. The average Bonchev–Trinajstić information content (AvgIpc) is 2.55. The Morgan fingerprint density at radius 2 is 1.36 bits per heavy atom. The molecule has 0 saturated heterocycles. The predicted molar refractivity (Wildman–Crippen MR) is 93.5 cm³/mol. The summed E-state index contributed by atoms with van der Waals surface area (Å²) >= 11 is 0. The lowest BCUT2D eigenvalue weighted by molar-refractivity contribution is -0.146. The van der Waals surface area contributed by atoms with Gasteiger partial charge in [0.15, 0.2) is 5.57 Å². The van der Waals surface area contributed by atoms with Gasteiger partial charge >= 0.3 is 11.9 Å². The summed E-state index contributed by atoms with van der Waals surface area (Å²) in [5, 5.41) is 2.73. The lowest BCUT2D eigenvalue weighted by atomic mass is 10.3. The highest BCUT2D eigenvalue weighted by atomic mass is 16.6. The maximum Gasteiger partial charge on any atom is 0.347 e. The first-order valence-electron chi connectivity index (χ1n) is 7.71. The SMILES string of the molecule is CCOC(=O)C(=CNc1nc(N(C)C)nc(N(C)C)n1)C(=O)OCC. The van der Waals surface area contributed by atoms with Crippen molar-refractivity contribution in [2.24, 2.45) is 0 Å². The second kappa shape index (κ2) is 9.40. The van der Waals surface area contributed by atoms with Crippen molar-refractivity contribution >= 4 is 29.8 Å². The van der Waals surface area contributed by atoms with Gasteiger partial charge in [-0.3, -0.25) is 0 Å². The fourth-order valence-corrected chi connectivity index (χ4v) is 1.57. The predicted octanol–water partition coefficient (Wildman–Crippen LogP) is 0.426. The van der Waals surface area contributed by atoms with Crippen LogP contribution in [-0.2, 0) is 19.1 Å². The zero-order valence-corrected chi connectivity index (χ0v) is 15.4. The molecule has 1 rings (SSSR count). The molecule has 1 N–H and O–H groups in total. The number of nitrogens with one attached hydrogen (secondary N) is 1. The summed E-state index contributed by atoms with van der Waals surface area (Å²) < 4.78 is 9.73. The summed E-state index contributed by atoms with van der Waals surface area (Å²) in [7, 11) is 7.15. The molecule has 0 bridgehead atoms. The van der Waals surface area contributed by atoms with E-state index in [1.807, 2.05) is 0 Å². The van der Waals surface area contributed by atoms with E-state index in [0.29, 0.717) is 11.9 Å². The lowest BCUT2D eigenvalue weighted by Crippen LogP contribution is -2.21. The van der Waals surface area contributed by atoms with Gasteiger partial charge in [0.05, 0.1) is 13.2 Å². The smallest absolute Gasteiger partial charge is 0.347 e. The van der Waals surface area contributed by atoms with Gasteiger partial charge in [0, 0.05) is 34.4 Å². The first-order chi connectivity index (χ1) is 11.8. The standard InChI is InChI=1S/C15H24N6O4/c1-7-24-11(22)10(12(23)25-8-2)9-16-13-17-14(20(3)4)19-15(18-13)21(5)6/h9H,7-8H2,1-6H3,(H,16,17,18,19). The second-order valence-corrected chi connectivity index (χ2v) is 5.19. The topological polar surface area (TPSA) is 110 Å². The number of hydrogen-bond acceptors (Lipinski definition) is 10. The molecule has 0 radical (unpaired) electrons. The lowest BCUT2D eigenvalue weighted by Gasteiger charge is -2.16. The third-order valence-electron chi connectivity index (χ3n) is 2.75. The molecule has 0 aliphatic heterocycles. The summed E-state index contributed by atoms with van der Waals surface area (Å²) in [6.07, 6.45) is 1.17.